The molecule has 7 heteroatoms. The molecule has 0 saturated carbocycles. The first-order chi connectivity index (χ1) is 15.4. The highest BCUT2D eigenvalue weighted by Crippen LogP contribution is 2.25. The molecule has 1 atom stereocenters. The smallest absolute Gasteiger partial charge is 0.328 e. The molecular formula is C25H25FN2O4. The van der Waals surface area contributed by atoms with Crippen LogP contribution in [0.1, 0.15) is 30.8 Å². The summed E-state index contributed by atoms with van der Waals surface area (Å²) in [6.45, 7) is 3.93. The highest BCUT2D eigenvalue weighted by atomic mass is 19.1. The van der Waals surface area contributed by atoms with Gasteiger partial charge in [-0.25, -0.2) is 14.2 Å². The van der Waals surface area contributed by atoms with Crippen LogP contribution in [0.25, 0.3) is 11.3 Å². The first kappa shape index (κ1) is 22.9. The number of hydrogen-bond donors (Lipinski definition) is 1. The van der Waals surface area contributed by atoms with Crippen molar-refractivity contribution in [3.8, 4) is 22.8 Å². The Morgan fingerprint density at radius 3 is 2.19 bits per heavy atom. The second-order valence-corrected chi connectivity index (χ2v) is 7.67. The van der Waals surface area contributed by atoms with E-state index >= 15 is 0 Å². The lowest BCUT2D eigenvalue weighted by Gasteiger charge is -2.18. The van der Waals surface area contributed by atoms with Crippen LogP contribution in [0, 0.1) is 11.7 Å². The molecule has 0 unspecified atom stereocenters. The van der Waals surface area contributed by atoms with Crippen molar-refractivity contribution in [1.82, 2.24) is 10.3 Å². The Kier molecular flexibility index (Phi) is 7.54. The van der Waals surface area contributed by atoms with Crippen molar-refractivity contribution in [2.45, 2.75) is 26.3 Å². The fourth-order valence-corrected chi connectivity index (χ4v) is 3.11. The molecule has 6 nitrogen and oxygen atoms in total. The predicted octanol–water partition coefficient (Wildman–Crippen LogP) is 5.00. The summed E-state index contributed by atoms with van der Waals surface area (Å²) < 4.78 is 23.5. The molecule has 166 valence electrons. The second-order valence-electron chi connectivity index (χ2n) is 7.67. The van der Waals surface area contributed by atoms with E-state index in [1.807, 2.05) is 26.0 Å². The molecule has 1 amide bonds. The number of carbonyl (C=O) groups excluding carboxylic acids is 2. The van der Waals surface area contributed by atoms with Crippen LogP contribution in [0.3, 0.4) is 0 Å². The molecule has 1 heterocycles. The maximum absolute atomic E-state index is 13.0. The summed E-state index contributed by atoms with van der Waals surface area (Å²) in [5, 5.41) is 2.71. The number of nitrogens with one attached hydrogen (secondary N) is 1. The van der Waals surface area contributed by atoms with Gasteiger partial charge in [0.2, 0.25) is 0 Å². The minimum Gasteiger partial charge on any atom is -0.467 e. The summed E-state index contributed by atoms with van der Waals surface area (Å²) in [4.78, 5) is 29.1. The number of benzene rings is 2. The van der Waals surface area contributed by atoms with Gasteiger partial charge in [0.25, 0.3) is 5.91 Å². The van der Waals surface area contributed by atoms with E-state index in [4.69, 9.17) is 9.47 Å². The van der Waals surface area contributed by atoms with Gasteiger partial charge in [-0.3, -0.25) is 4.79 Å². The van der Waals surface area contributed by atoms with Crippen molar-refractivity contribution in [2.24, 2.45) is 5.92 Å². The molecular weight excluding hydrogens is 411 g/mol. The topological polar surface area (TPSA) is 77.5 Å². The van der Waals surface area contributed by atoms with Crippen LogP contribution in [0.15, 0.2) is 66.7 Å². The number of rotatable bonds is 8. The minimum absolute atomic E-state index is 0.201. The quantitative estimate of drug-likeness (QED) is 0.503. The molecule has 0 radical (unpaired) electrons. The Bertz CT molecular complexity index is 1070. The van der Waals surface area contributed by atoms with Gasteiger partial charge in [0.05, 0.1) is 12.8 Å². The summed E-state index contributed by atoms with van der Waals surface area (Å²) in [7, 11) is 1.30. The molecule has 3 aromatic rings. The molecule has 0 saturated heterocycles. The SMILES string of the molecule is COC(=O)[C@H](CC(C)C)NC(=O)c1cccc(-c2ccc(Oc3ccc(F)cc3)cc2)n1. The fourth-order valence-electron chi connectivity index (χ4n) is 3.11. The number of hydrogen-bond acceptors (Lipinski definition) is 5. The third-order valence-corrected chi connectivity index (χ3v) is 4.68. The molecule has 0 fully saturated rings. The Morgan fingerprint density at radius 2 is 1.59 bits per heavy atom. The lowest BCUT2D eigenvalue weighted by atomic mass is 10.0. The van der Waals surface area contributed by atoms with Crippen LogP contribution in [-0.4, -0.2) is 30.0 Å². The van der Waals surface area contributed by atoms with Crippen LogP contribution in [0.5, 0.6) is 11.5 Å². The number of carbonyl (C=O) groups is 2. The lowest BCUT2D eigenvalue weighted by molar-refractivity contribution is -0.143. The molecule has 32 heavy (non-hydrogen) atoms. The van der Waals surface area contributed by atoms with E-state index in [9.17, 15) is 14.0 Å². The number of amides is 1. The van der Waals surface area contributed by atoms with Gasteiger partial charge in [-0.1, -0.05) is 19.9 Å². The molecule has 0 aliphatic rings. The number of aromatic nitrogens is 1. The highest BCUT2D eigenvalue weighted by Gasteiger charge is 2.23. The third-order valence-electron chi connectivity index (χ3n) is 4.68. The van der Waals surface area contributed by atoms with Gasteiger partial charge in [0.1, 0.15) is 29.1 Å². The zero-order valence-electron chi connectivity index (χ0n) is 18.2. The Balaban J connectivity index is 1.72. The molecule has 0 bridgehead atoms. The minimum atomic E-state index is -0.735. The van der Waals surface area contributed by atoms with Gasteiger partial charge in [-0.15, -0.1) is 0 Å². The maximum Gasteiger partial charge on any atom is 0.328 e. The van der Waals surface area contributed by atoms with Gasteiger partial charge in [-0.05, 0) is 73.0 Å². The van der Waals surface area contributed by atoms with Crippen molar-refractivity contribution < 1.29 is 23.5 Å². The Labute approximate surface area is 186 Å². The molecule has 0 aliphatic carbocycles. The van der Waals surface area contributed by atoms with Gasteiger partial charge >= 0.3 is 5.97 Å². The molecule has 3 rings (SSSR count). The normalized spacial score (nSPS) is 11.7. The van der Waals surface area contributed by atoms with Gasteiger partial charge in [0.15, 0.2) is 0 Å². The van der Waals surface area contributed by atoms with E-state index < -0.39 is 17.9 Å². The summed E-state index contributed by atoms with van der Waals surface area (Å²) in [5.74, 6) is 0.0552. The van der Waals surface area contributed by atoms with Gasteiger partial charge in [-0.2, -0.15) is 0 Å². The van der Waals surface area contributed by atoms with Crippen LogP contribution in [-0.2, 0) is 9.53 Å². The summed E-state index contributed by atoms with van der Waals surface area (Å²) in [6.07, 6.45) is 0.466. The van der Waals surface area contributed by atoms with E-state index in [1.165, 1.54) is 19.2 Å². The van der Waals surface area contributed by atoms with E-state index in [0.717, 1.165) is 5.56 Å². The van der Waals surface area contributed by atoms with E-state index in [0.29, 0.717) is 23.6 Å². The molecule has 2 aromatic carbocycles. The summed E-state index contributed by atoms with van der Waals surface area (Å²) in [5.41, 5.74) is 1.59. The largest absolute Gasteiger partial charge is 0.467 e. The number of methoxy groups -OCH3 is 1. The molecule has 0 aliphatic heterocycles. The van der Waals surface area contributed by atoms with Crippen LogP contribution < -0.4 is 10.1 Å². The zero-order chi connectivity index (χ0) is 23.1. The fraction of sp³-hybridized carbons (Fsp3) is 0.240. The van der Waals surface area contributed by atoms with Gasteiger partial charge in [0, 0.05) is 5.56 Å². The molecule has 1 aromatic heterocycles. The number of nitrogens with zero attached hydrogens (tertiary/aromatic N) is 1. The van der Waals surface area contributed by atoms with Crippen molar-refractivity contribution in [2.75, 3.05) is 7.11 Å². The van der Waals surface area contributed by atoms with Crippen LogP contribution in [0.4, 0.5) is 4.39 Å². The van der Waals surface area contributed by atoms with Crippen molar-refractivity contribution in [1.29, 1.82) is 0 Å². The second kappa shape index (κ2) is 10.5. The number of ether oxygens (including phenoxy) is 2. The lowest BCUT2D eigenvalue weighted by Crippen LogP contribution is -2.42. The summed E-state index contributed by atoms with van der Waals surface area (Å²) >= 11 is 0. The number of pyridine rings is 1. The monoisotopic (exact) mass is 436 g/mol. The molecule has 0 spiro atoms. The third kappa shape index (κ3) is 6.14. The van der Waals surface area contributed by atoms with Crippen molar-refractivity contribution in [3.63, 3.8) is 0 Å². The first-order valence-corrected chi connectivity index (χ1v) is 10.3. The van der Waals surface area contributed by atoms with E-state index in [2.05, 4.69) is 10.3 Å². The average Bonchev–Trinajstić information content (AvgIpc) is 2.80. The van der Waals surface area contributed by atoms with Crippen molar-refractivity contribution in [3.05, 3.63) is 78.2 Å². The first-order valence-electron chi connectivity index (χ1n) is 10.3. The van der Waals surface area contributed by atoms with Gasteiger partial charge < -0.3 is 14.8 Å². The number of esters is 1. The number of halogens is 1. The van der Waals surface area contributed by atoms with Crippen molar-refractivity contribution >= 4 is 11.9 Å². The zero-order valence-corrected chi connectivity index (χ0v) is 18.2. The van der Waals surface area contributed by atoms with Crippen LogP contribution >= 0.6 is 0 Å². The Morgan fingerprint density at radius 1 is 0.969 bits per heavy atom. The summed E-state index contributed by atoms with van der Waals surface area (Å²) in [6, 6.07) is 17.3. The standard InChI is InChI=1S/C25H25FN2O4/c1-16(2)15-23(25(30)31-3)28-24(29)22-6-4-5-21(27-22)17-7-11-19(12-8-17)32-20-13-9-18(26)10-14-20/h4-14,16,23H,15H2,1-3H3,(H,28,29)/t23-/m0/s1. The maximum atomic E-state index is 13.0. The highest BCUT2D eigenvalue weighted by molar-refractivity contribution is 5.95. The molecule has 1 N–H and O–H groups in total. The predicted molar refractivity (Wildman–Crippen MR) is 119 cm³/mol. The average molecular weight is 436 g/mol. The Hall–Kier alpha value is -3.74. The van der Waals surface area contributed by atoms with E-state index in [-0.39, 0.29) is 17.4 Å². The van der Waals surface area contributed by atoms with Crippen LogP contribution in [0.2, 0.25) is 0 Å². The van der Waals surface area contributed by atoms with E-state index in [1.54, 1.807) is 42.5 Å².